The fraction of sp³-hybridized carbons (Fsp3) is 0.462. The predicted molar refractivity (Wildman–Crippen MR) is 117 cm³/mol. The van der Waals surface area contributed by atoms with E-state index < -0.39 is 0 Å². The molecule has 0 aromatic heterocycles. The number of unbranched alkanes of at least 4 members (excludes halogenated alkanes) is 6. The van der Waals surface area contributed by atoms with Gasteiger partial charge in [0.15, 0.2) is 0 Å². The zero-order valence-corrected chi connectivity index (χ0v) is 16.9. The van der Waals surface area contributed by atoms with Crippen LogP contribution in [0.5, 0.6) is 5.75 Å². The average Bonchev–Trinajstić information content (AvgIpc) is 3.04. The van der Waals surface area contributed by atoms with Gasteiger partial charge in [0.1, 0.15) is 5.75 Å². The maximum atomic E-state index is 6.01. The zero-order valence-electron chi connectivity index (χ0n) is 16.9. The van der Waals surface area contributed by atoms with Crippen LogP contribution in [0.3, 0.4) is 0 Å². The summed E-state index contributed by atoms with van der Waals surface area (Å²) in [6.07, 6.45) is 14.2. The lowest BCUT2D eigenvalue weighted by molar-refractivity contribution is 0.304. The zero-order chi connectivity index (χ0) is 18.9. The fourth-order valence-corrected chi connectivity index (χ4v) is 4.00. The Labute approximate surface area is 165 Å². The minimum Gasteiger partial charge on any atom is -0.494 e. The molecule has 0 N–H and O–H groups in total. The molecule has 2 aromatic carbocycles. The lowest BCUT2D eigenvalue weighted by Gasteiger charge is -2.08. The van der Waals surface area contributed by atoms with Crippen molar-refractivity contribution in [3.63, 3.8) is 0 Å². The van der Waals surface area contributed by atoms with Crippen molar-refractivity contribution in [3.8, 4) is 16.9 Å². The lowest BCUT2D eigenvalue weighted by Crippen LogP contribution is -1.97. The Balaban J connectivity index is 1.52. The van der Waals surface area contributed by atoms with E-state index in [-0.39, 0.29) is 0 Å². The van der Waals surface area contributed by atoms with Crippen molar-refractivity contribution < 1.29 is 4.74 Å². The first-order valence-electron chi connectivity index (χ1n) is 10.8. The van der Waals surface area contributed by atoms with E-state index in [1.165, 1.54) is 72.8 Å². The number of ether oxygens (including phenoxy) is 1. The van der Waals surface area contributed by atoms with Gasteiger partial charge < -0.3 is 4.74 Å². The van der Waals surface area contributed by atoms with Crippen molar-refractivity contribution in [2.75, 3.05) is 6.61 Å². The molecule has 0 atom stereocenters. The molecule has 0 heterocycles. The van der Waals surface area contributed by atoms with Gasteiger partial charge in [0.2, 0.25) is 0 Å². The van der Waals surface area contributed by atoms with Crippen LogP contribution in [-0.2, 0) is 12.8 Å². The van der Waals surface area contributed by atoms with E-state index in [9.17, 15) is 0 Å². The topological polar surface area (TPSA) is 9.23 Å². The highest BCUT2D eigenvalue weighted by Gasteiger charge is 2.19. The van der Waals surface area contributed by atoms with E-state index in [2.05, 4.69) is 49.9 Å². The molecule has 0 radical (unpaired) electrons. The minimum atomic E-state index is 0.821. The molecule has 144 valence electrons. The molecule has 0 saturated heterocycles. The second-order valence-electron chi connectivity index (χ2n) is 7.78. The Kier molecular flexibility index (Phi) is 7.56. The van der Waals surface area contributed by atoms with Gasteiger partial charge in [-0.25, -0.2) is 0 Å². The highest BCUT2D eigenvalue weighted by Crippen LogP contribution is 2.39. The van der Waals surface area contributed by atoms with Crippen molar-refractivity contribution in [2.45, 2.75) is 71.1 Å². The summed E-state index contributed by atoms with van der Waals surface area (Å²) < 4.78 is 6.01. The summed E-state index contributed by atoms with van der Waals surface area (Å²) >= 11 is 0. The monoisotopic (exact) mass is 362 g/mol. The van der Waals surface area contributed by atoms with Gasteiger partial charge in [-0.2, -0.15) is 0 Å². The minimum absolute atomic E-state index is 0.821. The SMILES string of the molecule is C=CCCCCCCOc1ccc2c(c1)Cc1cc(CCCCC)ccc1-2. The normalized spacial score (nSPS) is 11.9. The van der Waals surface area contributed by atoms with Gasteiger partial charge in [-0.15, -0.1) is 6.58 Å². The van der Waals surface area contributed by atoms with Crippen LogP contribution in [-0.4, -0.2) is 6.61 Å². The second kappa shape index (κ2) is 10.3. The van der Waals surface area contributed by atoms with Crippen molar-refractivity contribution in [3.05, 3.63) is 65.7 Å². The molecular weight excluding hydrogens is 328 g/mol. The molecule has 0 bridgehead atoms. The van der Waals surface area contributed by atoms with Gasteiger partial charge in [-0.05, 0) is 78.5 Å². The van der Waals surface area contributed by atoms with Crippen LogP contribution in [0.1, 0.15) is 75.0 Å². The molecule has 1 aliphatic carbocycles. The lowest BCUT2D eigenvalue weighted by atomic mass is 10.0. The summed E-state index contributed by atoms with van der Waals surface area (Å²) in [5.74, 6) is 1.02. The van der Waals surface area contributed by atoms with Crippen LogP contribution in [0.25, 0.3) is 11.1 Å². The molecule has 0 spiro atoms. The fourth-order valence-electron chi connectivity index (χ4n) is 4.00. The number of hydrogen-bond donors (Lipinski definition) is 0. The van der Waals surface area contributed by atoms with Crippen LogP contribution in [0.4, 0.5) is 0 Å². The van der Waals surface area contributed by atoms with Gasteiger partial charge in [0.05, 0.1) is 6.61 Å². The molecule has 0 saturated carbocycles. The van der Waals surface area contributed by atoms with Crippen molar-refractivity contribution in [2.24, 2.45) is 0 Å². The van der Waals surface area contributed by atoms with Crippen LogP contribution in [0, 0.1) is 0 Å². The summed E-state index contributed by atoms with van der Waals surface area (Å²) in [4.78, 5) is 0. The van der Waals surface area contributed by atoms with Crippen LogP contribution in [0.2, 0.25) is 0 Å². The van der Waals surface area contributed by atoms with Gasteiger partial charge in [-0.3, -0.25) is 0 Å². The highest BCUT2D eigenvalue weighted by atomic mass is 16.5. The highest BCUT2D eigenvalue weighted by molar-refractivity contribution is 5.77. The molecule has 27 heavy (non-hydrogen) atoms. The Morgan fingerprint density at radius 3 is 2.48 bits per heavy atom. The number of hydrogen-bond acceptors (Lipinski definition) is 1. The molecule has 0 aliphatic heterocycles. The van der Waals surface area contributed by atoms with Crippen molar-refractivity contribution in [1.29, 1.82) is 0 Å². The van der Waals surface area contributed by atoms with E-state index in [1.807, 2.05) is 6.08 Å². The Bertz CT molecular complexity index is 744. The molecular formula is C26H34O. The molecule has 3 rings (SSSR count). The standard InChI is InChI=1S/C26H34O/c1-3-5-7-8-9-11-17-27-24-14-16-26-23(20-24)19-22-18-21(12-10-6-4-2)13-15-25(22)26/h3,13-16,18,20H,1,4-12,17,19H2,2H3. The summed E-state index contributed by atoms with van der Waals surface area (Å²) in [5.41, 5.74) is 7.19. The van der Waals surface area contributed by atoms with E-state index in [0.717, 1.165) is 31.6 Å². The smallest absolute Gasteiger partial charge is 0.119 e. The largest absolute Gasteiger partial charge is 0.494 e. The third-order valence-electron chi connectivity index (χ3n) is 5.56. The van der Waals surface area contributed by atoms with Crippen molar-refractivity contribution in [1.82, 2.24) is 0 Å². The summed E-state index contributed by atoms with van der Waals surface area (Å²) in [5, 5.41) is 0. The predicted octanol–water partition coefficient (Wildman–Crippen LogP) is 7.51. The Morgan fingerprint density at radius 1 is 0.889 bits per heavy atom. The van der Waals surface area contributed by atoms with E-state index in [1.54, 1.807) is 0 Å². The van der Waals surface area contributed by atoms with Gasteiger partial charge in [-0.1, -0.05) is 62.9 Å². The third-order valence-corrected chi connectivity index (χ3v) is 5.56. The second-order valence-corrected chi connectivity index (χ2v) is 7.78. The van der Waals surface area contributed by atoms with E-state index in [0.29, 0.717) is 0 Å². The number of rotatable bonds is 12. The van der Waals surface area contributed by atoms with E-state index >= 15 is 0 Å². The summed E-state index contributed by atoms with van der Waals surface area (Å²) in [6, 6.07) is 13.7. The first-order chi connectivity index (χ1) is 13.3. The Hall–Kier alpha value is -2.02. The molecule has 0 fully saturated rings. The van der Waals surface area contributed by atoms with Gasteiger partial charge in [0, 0.05) is 0 Å². The number of allylic oxidation sites excluding steroid dienone is 1. The molecule has 1 nitrogen and oxygen atoms in total. The third kappa shape index (κ3) is 5.48. The number of fused-ring (bicyclic) bond motifs is 3. The molecule has 1 aliphatic rings. The Morgan fingerprint density at radius 2 is 1.67 bits per heavy atom. The van der Waals surface area contributed by atoms with Crippen LogP contribution >= 0.6 is 0 Å². The molecule has 0 unspecified atom stereocenters. The molecule has 0 amide bonds. The first-order valence-corrected chi connectivity index (χ1v) is 10.8. The maximum absolute atomic E-state index is 6.01. The quantitative estimate of drug-likeness (QED) is 0.239. The van der Waals surface area contributed by atoms with Crippen LogP contribution < -0.4 is 4.74 Å². The average molecular weight is 363 g/mol. The number of aryl methyl sites for hydroxylation is 1. The summed E-state index contributed by atoms with van der Waals surface area (Å²) in [7, 11) is 0. The molecule has 2 aromatic rings. The van der Waals surface area contributed by atoms with Gasteiger partial charge in [0.25, 0.3) is 0 Å². The maximum Gasteiger partial charge on any atom is 0.119 e. The summed E-state index contributed by atoms with van der Waals surface area (Å²) in [6.45, 7) is 6.86. The van der Waals surface area contributed by atoms with E-state index in [4.69, 9.17) is 4.74 Å². The van der Waals surface area contributed by atoms with Gasteiger partial charge >= 0.3 is 0 Å². The molecule has 1 heteroatoms. The van der Waals surface area contributed by atoms with Crippen LogP contribution in [0.15, 0.2) is 49.1 Å². The van der Waals surface area contributed by atoms with Crippen molar-refractivity contribution >= 4 is 0 Å². The first kappa shape index (κ1) is 19.7. The number of benzene rings is 2.